The van der Waals surface area contributed by atoms with Gasteiger partial charge in [-0.25, -0.2) is 19.9 Å². The van der Waals surface area contributed by atoms with Crippen LogP contribution in [0.4, 0.5) is 23.3 Å². The Morgan fingerprint density at radius 2 is 1.03 bits per heavy atom. The van der Waals surface area contributed by atoms with Crippen LogP contribution in [0.2, 0.25) is 10.3 Å². The zero-order valence-electron chi connectivity index (χ0n) is 18.3. The Labute approximate surface area is 209 Å². The molecule has 2 rings (SSSR count). The Balaban J connectivity index is 1.72. The first-order valence-corrected chi connectivity index (χ1v) is 10.6. The number of rotatable bonds is 8. The van der Waals surface area contributed by atoms with E-state index in [1.807, 2.05) is 0 Å². The number of unbranched alkanes of at least 4 members (excludes halogenated alkanes) is 2. The maximum atomic E-state index is 12.2. The number of anilines is 4. The van der Waals surface area contributed by atoms with Crippen LogP contribution in [0.15, 0.2) is 9.98 Å². The summed E-state index contributed by atoms with van der Waals surface area (Å²) in [5.41, 5.74) is 33.1. The second kappa shape index (κ2) is 12.3. The number of nitrogens with two attached hydrogens (primary N) is 6. The van der Waals surface area contributed by atoms with Crippen molar-refractivity contribution in [2.75, 3.05) is 36.0 Å². The van der Waals surface area contributed by atoms with Crippen molar-refractivity contribution in [3.8, 4) is 0 Å². The standard InChI is InChI=1S/C17H24Cl2N14O2/c18-8-12(22)30-10(20)6(28-8)14(34)32-16(24)26-4-2-1-3-5-27-17(25)33-15(35)7-11(21)31-13(23)9(19)29-7/h1-5H2,(H4,20,22,30)(H4,21,23,31)(H3,24,26,32,34)(H3,25,27,33,35). The van der Waals surface area contributed by atoms with Gasteiger partial charge in [-0.15, -0.1) is 0 Å². The summed E-state index contributed by atoms with van der Waals surface area (Å²) in [7, 11) is 0. The number of guanidine groups is 2. The Morgan fingerprint density at radius 1 is 0.657 bits per heavy atom. The molecule has 0 aliphatic carbocycles. The van der Waals surface area contributed by atoms with Crippen LogP contribution in [-0.4, -0.2) is 56.8 Å². The molecule has 0 unspecified atom stereocenters. The van der Waals surface area contributed by atoms with Crippen LogP contribution >= 0.6 is 23.2 Å². The van der Waals surface area contributed by atoms with E-state index in [4.69, 9.17) is 57.6 Å². The van der Waals surface area contributed by atoms with Crippen molar-refractivity contribution in [3.05, 3.63) is 21.7 Å². The van der Waals surface area contributed by atoms with Gasteiger partial charge in [0.05, 0.1) is 0 Å². The maximum Gasteiger partial charge on any atom is 0.280 e. The molecule has 0 atom stereocenters. The molecule has 0 aromatic carbocycles. The summed E-state index contributed by atoms with van der Waals surface area (Å²) in [5.74, 6) is -2.27. The summed E-state index contributed by atoms with van der Waals surface area (Å²) < 4.78 is 0. The van der Waals surface area contributed by atoms with Crippen LogP contribution in [0, 0.1) is 0 Å². The zero-order chi connectivity index (χ0) is 26.1. The third-order valence-electron chi connectivity index (χ3n) is 4.10. The molecule has 2 heterocycles. The van der Waals surface area contributed by atoms with Gasteiger partial charge in [-0.2, -0.15) is 0 Å². The molecule has 2 amide bonds. The lowest BCUT2D eigenvalue weighted by molar-refractivity contribution is 0.0964. The van der Waals surface area contributed by atoms with Gasteiger partial charge in [-0.05, 0) is 19.3 Å². The van der Waals surface area contributed by atoms with E-state index < -0.39 is 11.8 Å². The molecule has 0 aliphatic heterocycles. The van der Waals surface area contributed by atoms with E-state index in [1.165, 1.54) is 0 Å². The molecule has 0 bridgehead atoms. The predicted molar refractivity (Wildman–Crippen MR) is 133 cm³/mol. The highest BCUT2D eigenvalue weighted by Gasteiger charge is 2.17. The Kier molecular flexibility index (Phi) is 9.54. The highest BCUT2D eigenvalue weighted by atomic mass is 35.5. The third-order valence-corrected chi connectivity index (χ3v) is 4.66. The van der Waals surface area contributed by atoms with Crippen LogP contribution < -0.4 is 45.0 Å². The predicted octanol–water partition coefficient (Wildman–Crippen LogP) is -1.14. The number of halogens is 2. The quantitative estimate of drug-likeness (QED) is 0.115. The normalized spacial score (nSPS) is 11.8. The van der Waals surface area contributed by atoms with Gasteiger partial charge in [0.15, 0.2) is 56.9 Å². The third kappa shape index (κ3) is 7.97. The van der Waals surface area contributed by atoms with Gasteiger partial charge in [0.25, 0.3) is 11.8 Å². The molecule has 16 nitrogen and oxygen atoms in total. The van der Waals surface area contributed by atoms with E-state index in [-0.39, 0.29) is 56.9 Å². The fourth-order valence-corrected chi connectivity index (χ4v) is 2.70. The van der Waals surface area contributed by atoms with E-state index in [1.54, 1.807) is 0 Å². The summed E-state index contributed by atoms with van der Waals surface area (Å²) in [6.45, 7) is 0.670. The highest BCUT2D eigenvalue weighted by molar-refractivity contribution is 6.32. The molecule has 18 heteroatoms. The first-order valence-electron chi connectivity index (χ1n) is 9.89. The lowest BCUT2D eigenvalue weighted by atomic mass is 10.2. The Morgan fingerprint density at radius 3 is 1.40 bits per heavy atom. The zero-order valence-corrected chi connectivity index (χ0v) is 19.8. The van der Waals surface area contributed by atoms with E-state index >= 15 is 0 Å². The van der Waals surface area contributed by atoms with E-state index in [0.29, 0.717) is 32.4 Å². The smallest absolute Gasteiger partial charge is 0.280 e. The van der Waals surface area contributed by atoms with Gasteiger partial charge < -0.3 is 34.4 Å². The Bertz CT molecular complexity index is 1080. The first-order chi connectivity index (χ1) is 16.5. The lowest BCUT2D eigenvalue weighted by Crippen LogP contribution is -2.38. The minimum atomic E-state index is -0.723. The first kappa shape index (κ1) is 27.1. The number of hydrogen-bond donors (Lipinski definition) is 8. The number of amides is 2. The molecule has 0 saturated heterocycles. The van der Waals surface area contributed by atoms with Crippen molar-refractivity contribution in [1.82, 2.24) is 30.6 Å². The molecular weight excluding hydrogens is 503 g/mol. The number of nitrogen functional groups attached to an aromatic ring is 4. The summed E-state index contributed by atoms with van der Waals surface area (Å²) in [6, 6.07) is 0. The molecule has 14 N–H and O–H groups in total. The summed E-state index contributed by atoms with van der Waals surface area (Å²) in [5, 5.41) is 4.36. The fraction of sp³-hybridized carbons (Fsp3) is 0.294. The summed E-state index contributed by atoms with van der Waals surface area (Å²) >= 11 is 11.5. The fourth-order valence-electron chi connectivity index (χ4n) is 2.45. The molecule has 35 heavy (non-hydrogen) atoms. The van der Waals surface area contributed by atoms with E-state index in [9.17, 15) is 9.59 Å². The van der Waals surface area contributed by atoms with Crippen LogP contribution in [0.1, 0.15) is 40.2 Å². The SMILES string of the molecule is NC(=NCCCCCN=C(N)NC(=O)c1nc(Cl)c(N)nc1N)NC(=O)c1nc(Cl)c(N)nc1N. The average molecular weight is 527 g/mol. The van der Waals surface area contributed by atoms with Gasteiger partial charge in [-0.3, -0.25) is 30.2 Å². The van der Waals surface area contributed by atoms with Gasteiger partial charge >= 0.3 is 0 Å². The molecule has 2 aromatic rings. The van der Waals surface area contributed by atoms with Gasteiger partial charge in [0, 0.05) is 13.1 Å². The number of nitrogens with zero attached hydrogens (tertiary/aromatic N) is 6. The summed E-state index contributed by atoms with van der Waals surface area (Å²) in [6.07, 6.45) is 2.00. The molecule has 2 aromatic heterocycles. The highest BCUT2D eigenvalue weighted by Crippen LogP contribution is 2.18. The van der Waals surface area contributed by atoms with Crippen molar-refractivity contribution in [2.24, 2.45) is 21.5 Å². The maximum absolute atomic E-state index is 12.2. The minimum Gasteiger partial charge on any atom is -0.382 e. The van der Waals surface area contributed by atoms with Crippen molar-refractivity contribution in [1.29, 1.82) is 0 Å². The number of hydrogen-bond acceptors (Lipinski definition) is 12. The van der Waals surface area contributed by atoms with Crippen molar-refractivity contribution >= 4 is 70.2 Å². The average Bonchev–Trinajstić information content (AvgIpc) is 2.77. The molecule has 188 valence electrons. The van der Waals surface area contributed by atoms with Gasteiger partial charge in [0.2, 0.25) is 0 Å². The minimum absolute atomic E-state index is 0.0958. The molecule has 0 spiro atoms. The number of nitrogens with one attached hydrogen (secondary N) is 2. The van der Waals surface area contributed by atoms with Crippen molar-refractivity contribution in [3.63, 3.8) is 0 Å². The van der Waals surface area contributed by atoms with Crippen LogP contribution in [-0.2, 0) is 0 Å². The van der Waals surface area contributed by atoms with Gasteiger partial charge in [-0.1, -0.05) is 23.2 Å². The van der Waals surface area contributed by atoms with Crippen LogP contribution in [0.5, 0.6) is 0 Å². The number of aromatic nitrogens is 4. The molecule has 0 fully saturated rings. The van der Waals surface area contributed by atoms with Crippen molar-refractivity contribution < 1.29 is 9.59 Å². The van der Waals surface area contributed by atoms with Crippen molar-refractivity contribution in [2.45, 2.75) is 19.3 Å². The second-order valence-corrected chi connectivity index (χ2v) is 7.49. The second-order valence-electron chi connectivity index (χ2n) is 6.77. The van der Waals surface area contributed by atoms with E-state index in [2.05, 4.69) is 40.6 Å². The monoisotopic (exact) mass is 526 g/mol. The topological polar surface area (TPSA) is 291 Å². The Hall–Kier alpha value is -4.18. The molecule has 0 radical (unpaired) electrons. The molecule has 0 saturated carbocycles. The molecule has 0 aliphatic rings. The number of aliphatic imine (C=N–C) groups is 2. The van der Waals surface area contributed by atoms with E-state index in [0.717, 1.165) is 0 Å². The van der Waals surface area contributed by atoms with Gasteiger partial charge in [0.1, 0.15) is 0 Å². The summed E-state index contributed by atoms with van der Waals surface area (Å²) in [4.78, 5) is 47.4. The van der Waals surface area contributed by atoms with Crippen LogP contribution in [0.3, 0.4) is 0 Å². The number of carbonyl (C=O) groups is 2. The largest absolute Gasteiger partial charge is 0.382 e. The number of carbonyl (C=O) groups excluding carboxylic acids is 2. The lowest BCUT2D eigenvalue weighted by Gasteiger charge is -2.07. The van der Waals surface area contributed by atoms with Crippen LogP contribution in [0.25, 0.3) is 0 Å². The molecular formula is C17H24Cl2N14O2.